The van der Waals surface area contributed by atoms with Gasteiger partial charge in [0, 0.05) is 25.7 Å². The largest absolute Gasteiger partial charge is 0.369 e. The molecule has 1 atom stereocenters. The van der Waals surface area contributed by atoms with Crippen LogP contribution in [0.2, 0.25) is 0 Å². The van der Waals surface area contributed by atoms with Gasteiger partial charge in [-0.15, -0.1) is 0 Å². The lowest BCUT2D eigenvalue weighted by atomic mass is 10.0. The van der Waals surface area contributed by atoms with Gasteiger partial charge in [-0.3, -0.25) is 14.5 Å². The van der Waals surface area contributed by atoms with Gasteiger partial charge in [0.15, 0.2) is 6.10 Å². The number of rotatable bonds is 7. The van der Waals surface area contributed by atoms with Crippen molar-refractivity contribution >= 4 is 11.8 Å². The minimum Gasteiger partial charge on any atom is -0.369 e. The zero-order valence-electron chi connectivity index (χ0n) is 13.5. The van der Waals surface area contributed by atoms with Gasteiger partial charge in [0.1, 0.15) is 0 Å². The molecule has 0 radical (unpaired) electrons. The van der Waals surface area contributed by atoms with Crippen molar-refractivity contribution < 1.29 is 14.3 Å². The van der Waals surface area contributed by atoms with Crippen LogP contribution in [-0.4, -0.2) is 49.0 Å². The molecule has 0 spiro atoms. The number of nitrogens with one attached hydrogen (secondary N) is 1. The molecule has 1 aromatic carbocycles. The van der Waals surface area contributed by atoms with Gasteiger partial charge in [0.05, 0.1) is 6.54 Å². The van der Waals surface area contributed by atoms with Gasteiger partial charge in [-0.2, -0.15) is 0 Å². The first-order valence-electron chi connectivity index (χ1n) is 8.07. The molecule has 126 valence electrons. The first-order chi connectivity index (χ1) is 11.1. The van der Waals surface area contributed by atoms with Gasteiger partial charge in [-0.05, 0) is 25.3 Å². The molecule has 2 amide bonds. The van der Waals surface area contributed by atoms with Crippen LogP contribution < -0.4 is 11.1 Å². The quantitative estimate of drug-likeness (QED) is 0.779. The smallest absolute Gasteiger partial charge is 0.253 e. The number of amides is 2. The Hall–Kier alpha value is -1.92. The van der Waals surface area contributed by atoms with Gasteiger partial charge in [0.25, 0.3) is 5.91 Å². The summed E-state index contributed by atoms with van der Waals surface area (Å²) < 4.78 is 5.62. The average molecular weight is 319 g/mol. The lowest BCUT2D eigenvalue weighted by Gasteiger charge is -2.32. The molecule has 1 aliphatic rings. The van der Waals surface area contributed by atoms with E-state index < -0.39 is 6.10 Å². The van der Waals surface area contributed by atoms with E-state index in [1.54, 1.807) is 0 Å². The molecule has 6 heteroatoms. The molecule has 2 rings (SSSR count). The molecule has 0 aliphatic carbocycles. The van der Waals surface area contributed by atoms with E-state index in [1.165, 1.54) is 0 Å². The third kappa shape index (κ3) is 5.33. The fourth-order valence-corrected chi connectivity index (χ4v) is 2.85. The molecule has 6 nitrogen and oxygen atoms in total. The molecular weight excluding hydrogens is 294 g/mol. The van der Waals surface area contributed by atoms with Crippen LogP contribution in [-0.2, 0) is 14.3 Å². The van der Waals surface area contributed by atoms with E-state index >= 15 is 0 Å². The first-order valence-corrected chi connectivity index (χ1v) is 8.07. The maximum absolute atomic E-state index is 12.5. The van der Waals surface area contributed by atoms with Gasteiger partial charge in [-0.1, -0.05) is 30.3 Å². The number of benzene rings is 1. The van der Waals surface area contributed by atoms with Crippen LogP contribution in [0.5, 0.6) is 0 Å². The summed E-state index contributed by atoms with van der Waals surface area (Å²) in [6, 6.07) is 9.62. The highest BCUT2D eigenvalue weighted by atomic mass is 16.5. The molecule has 1 aliphatic heterocycles. The molecule has 1 saturated heterocycles. The molecule has 1 aromatic rings. The second-order valence-electron chi connectivity index (χ2n) is 5.77. The molecule has 1 unspecified atom stereocenters. The first kappa shape index (κ1) is 17.4. The SMILES string of the molecule is CCOC(C(=O)NC1CCN(CC(N)=O)CC1)c1ccccc1. The van der Waals surface area contributed by atoms with Crippen molar-refractivity contribution in [2.75, 3.05) is 26.2 Å². The highest BCUT2D eigenvalue weighted by Gasteiger charge is 2.26. The number of likely N-dealkylation sites (tertiary alicyclic amines) is 1. The molecule has 1 fully saturated rings. The van der Waals surface area contributed by atoms with E-state index in [9.17, 15) is 9.59 Å². The number of primary amides is 1. The van der Waals surface area contributed by atoms with Crippen LogP contribution in [0.3, 0.4) is 0 Å². The third-order valence-electron chi connectivity index (χ3n) is 3.99. The Kier molecular flexibility index (Phi) is 6.55. The Balaban J connectivity index is 1.89. The van der Waals surface area contributed by atoms with Crippen LogP contribution in [0, 0.1) is 0 Å². The van der Waals surface area contributed by atoms with Crippen LogP contribution in [0.25, 0.3) is 0 Å². The number of carbonyl (C=O) groups excluding carboxylic acids is 2. The van der Waals surface area contributed by atoms with Crippen LogP contribution in [0.15, 0.2) is 30.3 Å². The summed E-state index contributed by atoms with van der Waals surface area (Å²) in [6.45, 7) is 4.17. The highest BCUT2D eigenvalue weighted by Crippen LogP contribution is 2.19. The zero-order chi connectivity index (χ0) is 16.7. The summed E-state index contributed by atoms with van der Waals surface area (Å²) in [7, 11) is 0. The van der Waals surface area contributed by atoms with Crippen LogP contribution in [0.4, 0.5) is 0 Å². The number of carbonyl (C=O) groups is 2. The number of nitrogens with two attached hydrogens (primary N) is 1. The average Bonchev–Trinajstić information content (AvgIpc) is 2.54. The second-order valence-corrected chi connectivity index (χ2v) is 5.77. The Bertz CT molecular complexity index is 513. The topological polar surface area (TPSA) is 84.7 Å². The Labute approximate surface area is 137 Å². The fraction of sp³-hybridized carbons (Fsp3) is 0.529. The minimum atomic E-state index is -0.579. The maximum atomic E-state index is 12.5. The van der Waals surface area contributed by atoms with E-state index in [4.69, 9.17) is 10.5 Å². The monoisotopic (exact) mass is 319 g/mol. The van der Waals surface area contributed by atoms with Crippen molar-refractivity contribution in [3.63, 3.8) is 0 Å². The van der Waals surface area contributed by atoms with Gasteiger partial charge >= 0.3 is 0 Å². The van der Waals surface area contributed by atoms with Gasteiger partial charge in [-0.25, -0.2) is 0 Å². The van der Waals surface area contributed by atoms with Crippen molar-refractivity contribution in [2.24, 2.45) is 5.73 Å². The Morgan fingerprint density at radius 3 is 2.52 bits per heavy atom. The minimum absolute atomic E-state index is 0.105. The summed E-state index contributed by atoms with van der Waals surface area (Å²) >= 11 is 0. The predicted octanol–water partition coefficient (Wildman–Crippen LogP) is 0.830. The van der Waals surface area contributed by atoms with E-state index in [-0.39, 0.29) is 24.4 Å². The second kappa shape index (κ2) is 8.64. The summed E-state index contributed by atoms with van der Waals surface area (Å²) in [5.41, 5.74) is 6.07. The Morgan fingerprint density at radius 2 is 1.96 bits per heavy atom. The van der Waals surface area contributed by atoms with Gasteiger partial charge in [0.2, 0.25) is 5.91 Å². The number of nitrogens with zero attached hydrogens (tertiary/aromatic N) is 1. The zero-order valence-corrected chi connectivity index (χ0v) is 13.5. The standard InChI is InChI=1S/C17H25N3O3/c1-2-23-16(13-6-4-3-5-7-13)17(22)19-14-8-10-20(11-9-14)12-15(18)21/h3-7,14,16H,2,8-12H2,1H3,(H2,18,21)(H,19,22). The van der Waals surface area contributed by atoms with E-state index in [0.29, 0.717) is 6.61 Å². The number of ether oxygens (including phenoxy) is 1. The molecule has 0 aromatic heterocycles. The Morgan fingerprint density at radius 1 is 1.30 bits per heavy atom. The highest BCUT2D eigenvalue weighted by molar-refractivity contribution is 5.82. The fourth-order valence-electron chi connectivity index (χ4n) is 2.85. The molecule has 23 heavy (non-hydrogen) atoms. The van der Waals surface area contributed by atoms with E-state index in [1.807, 2.05) is 42.2 Å². The van der Waals surface area contributed by atoms with Gasteiger partial charge < -0.3 is 15.8 Å². The summed E-state index contributed by atoms with van der Waals surface area (Å²) in [5.74, 6) is -0.417. The molecular formula is C17H25N3O3. The number of hydrogen-bond donors (Lipinski definition) is 2. The predicted molar refractivity (Wildman–Crippen MR) is 87.6 cm³/mol. The normalized spacial score (nSPS) is 17.6. The molecule has 0 saturated carbocycles. The summed E-state index contributed by atoms with van der Waals surface area (Å²) in [4.78, 5) is 25.5. The van der Waals surface area contributed by atoms with E-state index in [2.05, 4.69) is 5.32 Å². The van der Waals surface area contributed by atoms with Crippen molar-refractivity contribution in [1.82, 2.24) is 10.2 Å². The van der Waals surface area contributed by atoms with Crippen LogP contribution >= 0.6 is 0 Å². The molecule has 0 bridgehead atoms. The number of piperidine rings is 1. The molecule has 1 heterocycles. The molecule has 3 N–H and O–H groups in total. The lowest BCUT2D eigenvalue weighted by molar-refractivity contribution is -0.134. The summed E-state index contributed by atoms with van der Waals surface area (Å²) in [6.07, 6.45) is 1.05. The lowest BCUT2D eigenvalue weighted by Crippen LogP contribution is -2.47. The van der Waals surface area contributed by atoms with E-state index in [0.717, 1.165) is 31.5 Å². The van der Waals surface area contributed by atoms with Crippen LogP contribution in [0.1, 0.15) is 31.4 Å². The van der Waals surface area contributed by atoms with Crippen molar-refractivity contribution in [3.05, 3.63) is 35.9 Å². The third-order valence-corrected chi connectivity index (χ3v) is 3.99. The van der Waals surface area contributed by atoms with Crippen molar-refractivity contribution in [3.8, 4) is 0 Å². The number of hydrogen-bond acceptors (Lipinski definition) is 4. The summed E-state index contributed by atoms with van der Waals surface area (Å²) in [5, 5.41) is 3.07. The van der Waals surface area contributed by atoms with Crippen molar-refractivity contribution in [1.29, 1.82) is 0 Å². The van der Waals surface area contributed by atoms with Crippen molar-refractivity contribution in [2.45, 2.75) is 31.9 Å². The maximum Gasteiger partial charge on any atom is 0.253 e.